The first-order chi connectivity index (χ1) is 20.0. The van der Waals surface area contributed by atoms with Gasteiger partial charge in [-0.3, -0.25) is 9.69 Å². The summed E-state index contributed by atoms with van der Waals surface area (Å²) in [4.78, 5) is 28.7. The quantitative estimate of drug-likeness (QED) is 0.208. The molecule has 0 saturated heterocycles. The Morgan fingerprint density at radius 3 is 2.20 bits per heavy atom. The molecule has 0 spiro atoms. The number of para-hydroxylation sites is 1. The van der Waals surface area contributed by atoms with Gasteiger partial charge in [-0.2, -0.15) is 0 Å². The number of nitrogens with one attached hydrogen (secondary N) is 1. The first-order valence-electron chi connectivity index (χ1n) is 13.7. The first kappa shape index (κ1) is 26.8. The fourth-order valence-corrected chi connectivity index (χ4v) is 5.63. The predicted molar refractivity (Wildman–Crippen MR) is 166 cm³/mol. The number of nitrogens with zero attached hydrogens (tertiary/aromatic N) is 1. The van der Waals surface area contributed by atoms with Gasteiger partial charge in [0, 0.05) is 47.4 Å². The van der Waals surface area contributed by atoms with Crippen LogP contribution >= 0.6 is 11.6 Å². The van der Waals surface area contributed by atoms with E-state index in [4.69, 9.17) is 16.0 Å². The summed E-state index contributed by atoms with van der Waals surface area (Å²) >= 11 is 6.74. The second kappa shape index (κ2) is 12.0. The lowest BCUT2D eigenvalue weighted by molar-refractivity contribution is -0.115. The van der Waals surface area contributed by atoms with Crippen molar-refractivity contribution in [3.63, 3.8) is 0 Å². The Labute approximate surface area is 243 Å². The summed E-state index contributed by atoms with van der Waals surface area (Å²) in [7, 11) is 0. The Balaban J connectivity index is 1.35. The van der Waals surface area contributed by atoms with Gasteiger partial charge in [-0.05, 0) is 46.9 Å². The molecule has 0 unspecified atom stereocenters. The molecule has 1 aliphatic heterocycles. The minimum Gasteiger partial charge on any atom is -0.422 e. The van der Waals surface area contributed by atoms with E-state index in [0.29, 0.717) is 34.0 Å². The zero-order chi connectivity index (χ0) is 28.2. The van der Waals surface area contributed by atoms with E-state index in [0.717, 1.165) is 36.0 Å². The van der Waals surface area contributed by atoms with E-state index in [9.17, 15) is 9.59 Å². The largest absolute Gasteiger partial charge is 0.422 e. The number of rotatable bonds is 7. The monoisotopic (exact) mass is 560 g/mol. The molecule has 204 valence electrons. The summed E-state index contributed by atoms with van der Waals surface area (Å²) in [5.41, 5.74) is 5.96. The van der Waals surface area contributed by atoms with Crippen molar-refractivity contribution in [3.8, 4) is 11.1 Å². The number of benzene rings is 4. The van der Waals surface area contributed by atoms with Gasteiger partial charge in [-0.25, -0.2) is 4.79 Å². The highest BCUT2D eigenvalue weighted by molar-refractivity contribution is 6.32. The van der Waals surface area contributed by atoms with Crippen LogP contribution < -0.4 is 10.9 Å². The molecular weight excluding hydrogens is 532 g/mol. The van der Waals surface area contributed by atoms with Gasteiger partial charge in [0.2, 0.25) is 5.91 Å². The second-order valence-electron chi connectivity index (χ2n) is 10.2. The maximum Gasteiger partial charge on any atom is 0.340 e. The van der Waals surface area contributed by atoms with Crippen molar-refractivity contribution < 1.29 is 9.21 Å². The number of hydrogen-bond acceptors (Lipinski definition) is 4. The number of anilines is 1. The molecule has 0 atom stereocenters. The van der Waals surface area contributed by atoms with E-state index < -0.39 is 5.63 Å². The maximum atomic E-state index is 13.3. The van der Waals surface area contributed by atoms with Gasteiger partial charge < -0.3 is 9.73 Å². The Morgan fingerprint density at radius 2 is 1.54 bits per heavy atom. The van der Waals surface area contributed by atoms with Gasteiger partial charge in [0.05, 0.1) is 12.0 Å². The summed E-state index contributed by atoms with van der Waals surface area (Å²) in [5.74, 6) is -0.288. The molecule has 6 rings (SSSR count). The van der Waals surface area contributed by atoms with Gasteiger partial charge in [0.25, 0.3) is 0 Å². The second-order valence-corrected chi connectivity index (χ2v) is 10.6. The van der Waals surface area contributed by atoms with Gasteiger partial charge in [0.1, 0.15) is 5.58 Å². The van der Waals surface area contributed by atoms with Crippen molar-refractivity contribution in [2.75, 3.05) is 18.4 Å². The molecule has 5 aromatic rings. The number of hydrogen-bond donors (Lipinski definition) is 1. The lowest BCUT2D eigenvalue weighted by Gasteiger charge is -2.27. The molecule has 1 aliphatic rings. The molecule has 1 amide bonds. The standard InChI is InChI=1S/C35H29ClN2O3/c36-31-22-32-29(20-27(31)23-38-18-16-25(17-19-38)24-10-4-1-5-11-24)34(26-12-6-2-7-13-26)30(35(40)41-32)21-33(39)37-28-14-8-3-9-15-28/h1-16,20,22H,17-19,21,23H2,(H,37,39). The Morgan fingerprint density at radius 1 is 0.878 bits per heavy atom. The zero-order valence-electron chi connectivity index (χ0n) is 22.5. The molecule has 0 bridgehead atoms. The molecule has 0 aliphatic carbocycles. The van der Waals surface area contributed by atoms with Crippen LogP contribution in [-0.2, 0) is 17.8 Å². The number of carbonyl (C=O) groups excluding carboxylic acids is 1. The van der Waals surface area contributed by atoms with Crippen LogP contribution in [0.5, 0.6) is 0 Å². The van der Waals surface area contributed by atoms with E-state index in [2.05, 4.69) is 40.6 Å². The Kier molecular flexibility index (Phi) is 7.81. The number of halogens is 1. The average Bonchev–Trinajstić information content (AvgIpc) is 3.00. The minimum atomic E-state index is -0.544. The Bertz CT molecular complexity index is 1780. The minimum absolute atomic E-state index is 0.117. The highest BCUT2D eigenvalue weighted by Crippen LogP contribution is 2.35. The van der Waals surface area contributed by atoms with Crippen molar-refractivity contribution in [2.45, 2.75) is 19.4 Å². The summed E-state index contributed by atoms with van der Waals surface area (Å²) < 4.78 is 5.75. The van der Waals surface area contributed by atoms with Gasteiger partial charge in [-0.15, -0.1) is 0 Å². The van der Waals surface area contributed by atoms with Crippen LogP contribution in [0, 0.1) is 0 Å². The van der Waals surface area contributed by atoms with Crippen LogP contribution in [0.1, 0.15) is 23.1 Å². The van der Waals surface area contributed by atoms with E-state index >= 15 is 0 Å². The third kappa shape index (κ3) is 6.02. The molecule has 0 fully saturated rings. The lowest BCUT2D eigenvalue weighted by atomic mass is 9.94. The average molecular weight is 561 g/mol. The summed E-state index contributed by atoms with van der Waals surface area (Å²) in [5, 5.41) is 4.19. The number of carbonyl (C=O) groups is 1. The lowest BCUT2D eigenvalue weighted by Crippen LogP contribution is -2.28. The van der Waals surface area contributed by atoms with Crippen LogP contribution in [0.4, 0.5) is 5.69 Å². The molecule has 0 radical (unpaired) electrons. The predicted octanol–water partition coefficient (Wildman–Crippen LogP) is 7.58. The molecule has 2 heterocycles. The molecule has 1 N–H and O–H groups in total. The third-order valence-electron chi connectivity index (χ3n) is 7.46. The number of fused-ring (bicyclic) bond motifs is 1. The van der Waals surface area contributed by atoms with Gasteiger partial charge in [-0.1, -0.05) is 96.5 Å². The Hall–Kier alpha value is -4.45. The normalized spacial score (nSPS) is 13.6. The van der Waals surface area contributed by atoms with Crippen molar-refractivity contribution in [1.29, 1.82) is 0 Å². The van der Waals surface area contributed by atoms with Crippen molar-refractivity contribution in [1.82, 2.24) is 4.90 Å². The highest BCUT2D eigenvalue weighted by atomic mass is 35.5. The molecule has 6 heteroatoms. The molecule has 41 heavy (non-hydrogen) atoms. The third-order valence-corrected chi connectivity index (χ3v) is 7.81. The van der Waals surface area contributed by atoms with Crippen molar-refractivity contribution in [2.24, 2.45) is 0 Å². The first-order valence-corrected chi connectivity index (χ1v) is 14.1. The van der Waals surface area contributed by atoms with Gasteiger partial charge >= 0.3 is 5.63 Å². The zero-order valence-corrected chi connectivity index (χ0v) is 23.2. The fraction of sp³-hybridized carbons (Fsp3) is 0.143. The van der Waals surface area contributed by atoms with Crippen LogP contribution in [0.3, 0.4) is 0 Å². The van der Waals surface area contributed by atoms with E-state index in [1.165, 1.54) is 11.1 Å². The number of amides is 1. The molecule has 5 nitrogen and oxygen atoms in total. The SMILES string of the molecule is O=C(Cc1c(-c2ccccc2)c2cc(CN3CC=C(c4ccccc4)CC3)c(Cl)cc2oc1=O)Nc1ccccc1. The molecule has 4 aromatic carbocycles. The summed E-state index contributed by atoms with van der Waals surface area (Å²) in [6, 6.07) is 33.1. The smallest absolute Gasteiger partial charge is 0.340 e. The maximum absolute atomic E-state index is 13.3. The van der Waals surface area contributed by atoms with Crippen molar-refractivity contribution in [3.05, 3.63) is 141 Å². The van der Waals surface area contributed by atoms with E-state index in [-0.39, 0.29) is 12.3 Å². The van der Waals surface area contributed by atoms with Crippen LogP contribution in [0.25, 0.3) is 27.7 Å². The van der Waals surface area contributed by atoms with E-state index in [1.54, 1.807) is 6.07 Å². The molecule has 1 aromatic heterocycles. The summed E-state index contributed by atoms with van der Waals surface area (Å²) in [6.07, 6.45) is 3.13. The molecule has 0 saturated carbocycles. The topological polar surface area (TPSA) is 62.6 Å². The molecular formula is C35H29ClN2O3. The van der Waals surface area contributed by atoms with Gasteiger partial charge in [0.15, 0.2) is 0 Å². The fourth-order valence-electron chi connectivity index (χ4n) is 5.42. The highest BCUT2D eigenvalue weighted by Gasteiger charge is 2.22. The van der Waals surface area contributed by atoms with Crippen LogP contribution in [0.15, 0.2) is 118 Å². The van der Waals surface area contributed by atoms with Crippen molar-refractivity contribution >= 4 is 39.7 Å². The van der Waals surface area contributed by atoms with E-state index in [1.807, 2.05) is 72.8 Å². The summed E-state index contributed by atoms with van der Waals surface area (Å²) in [6.45, 7) is 2.39. The van der Waals surface area contributed by atoms with Crippen LogP contribution in [-0.4, -0.2) is 23.9 Å². The van der Waals surface area contributed by atoms with Crippen LogP contribution in [0.2, 0.25) is 5.02 Å².